The van der Waals surface area contributed by atoms with Gasteiger partial charge in [-0.2, -0.15) is 0 Å². The molecule has 4 heteroatoms. The lowest BCUT2D eigenvalue weighted by Gasteiger charge is -2.06. The van der Waals surface area contributed by atoms with E-state index in [0.29, 0.717) is 23.0 Å². The number of aromatic nitrogens is 1. The SMILES string of the molecule is CCCC(=O)c1cn(Cc2ccc(Cl)c(Cl)c2)c2ccccc12. The Morgan fingerprint density at radius 2 is 1.87 bits per heavy atom. The minimum Gasteiger partial charge on any atom is -0.342 e. The molecule has 3 rings (SSSR count). The molecule has 3 aromatic rings. The number of nitrogens with zero attached hydrogens (tertiary/aromatic N) is 1. The number of para-hydroxylation sites is 1. The van der Waals surface area contributed by atoms with Crippen molar-refractivity contribution in [2.24, 2.45) is 0 Å². The molecular formula is C19H17Cl2NO. The van der Waals surface area contributed by atoms with Gasteiger partial charge in [0.2, 0.25) is 0 Å². The van der Waals surface area contributed by atoms with E-state index >= 15 is 0 Å². The van der Waals surface area contributed by atoms with Crippen LogP contribution in [-0.4, -0.2) is 10.4 Å². The summed E-state index contributed by atoms with van der Waals surface area (Å²) >= 11 is 12.1. The zero-order chi connectivity index (χ0) is 16.4. The fourth-order valence-corrected chi connectivity index (χ4v) is 3.12. The molecule has 0 fully saturated rings. The van der Waals surface area contributed by atoms with Gasteiger partial charge in [0.05, 0.1) is 10.0 Å². The van der Waals surface area contributed by atoms with Crippen molar-refractivity contribution in [1.29, 1.82) is 0 Å². The predicted octanol–water partition coefficient (Wildman–Crippen LogP) is 5.98. The Morgan fingerprint density at radius 3 is 2.61 bits per heavy atom. The molecule has 0 aliphatic rings. The first kappa shape index (κ1) is 16.1. The van der Waals surface area contributed by atoms with E-state index in [9.17, 15) is 4.79 Å². The van der Waals surface area contributed by atoms with E-state index < -0.39 is 0 Å². The minimum atomic E-state index is 0.191. The molecule has 1 heterocycles. The summed E-state index contributed by atoms with van der Waals surface area (Å²) in [5.41, 5.74) is 2.90. The second kappa shape index (κ2) is 6.77. The molecular weight excluding hydrogens is 329 g/mol. The number of Topliss-reactive ketones (excluding diaryl/α,β-unsaturated/α-hetero) is 1. The average molecular weight is 346 g/mol. The standard InChI is InChI=1S/C19H17Cl2NO/c1-2-5-19(23)15-12-22(18-7-4-3-6-14(15)18)11-13-8-9-16(20)17(21)10-13/h3-4,6-10,12H,2,5,11H2,1H3. The van der Waals surface area contributed by atoms with Crippen molar-refractivity contribution < 1.29 is 4.79 Å². The fourth-order valence-electron chi connectivity index (χ4n) is 2.80. The Bertz CT molecular complexity index is 867. The largest absolute Gasteiger partial charge is 0.342 e. The van der Waals surface area contributed by atoms with Crippen LogP contribution in [0.1, 0.15) is 35.7 Å². The highest BCUT2D eigenvalue weighted by Crippen LogP contribution is 2.26. The third-order valence-corrected chi connectivity index (χ3v) is 4.64. The Kier molecular flexibility index (Phi) is 4.74. The maximum absolute atomic E-state index is 12.4. The van der Waals surface area contributed by atoms with Gasteiger partial charge in [0.15, 0.2) is 5.78 Å². The normalized spacial score (nSPS) is 11.1. The van der Waals surface area contributed by atoms with E-state index in [1.165, 1.54) is 0 Å². The van der Waals surface area contributed by atoms with E-state index in [1.54, 1.807) is 6.07 Å². The van der Waals surface area contributed by atoms with E-state index in [4.69, 9.17) is 23.2 Å². The highest BCUT2D eigenvalue weighted by Gasteiger charge is 2.14. The monoisotopic (exact) mass is 345 g/mol. The van der Waals surface area contributed by atoms with Gasteiger partial charge in [-0.05, 0) is 30.2 Å². The second-order valence-corrected chi connectivity index (χ2v) is 6.42. The highest BCUT2D eigenvalue weighted by molar-refractivity contribution is 6.42. The van der Waals surface area contributed by atoms with Gasteiger partial charge < -0.3 is 4.57 Å². The number of hydrogen-bond acceptors (Lipinski definition) is 1. The van der Waals surface area contributed by atoms with Gasteiger partial charge >= 0.3 is 0 Å². The number of rotatable bonds is 5. The van der Waals surface area contributed by atoms with Crippen LogP contribution in [0.3, 0.4) is 0 Å². The quantitative estimate of drug-likeness (QED) is 0.521. The van der Waals surface area contributed by atoms with Crippen molar-refractivity contribution in [3.8, 4) is 0 Å². The molecule has 0 saturated carbocycles. The van der Waals surface area contributed by atoms with Gasteiger partial charge in [-0.15, -0.1) is 0 Å². The van der Waals surface area contributed by atoms with Crippen LogP contribution < -0.4 is 0 Å². The Morgan fingerprint density at radius 1 is 1.09 bits per heavy atom. The average Bonchev–Trinajstić information content (AvgIpc) is 2.90. The molecule has 2 nitrogen and oxygen atoms in total. The molecule has 0 saturated heterocycles. The Balaban J connectivity index is 2.03. The lowest BCUT2D eigenvalue weighted by molar-refractivity contribution is 0.0983. The van der Waals surface area contributed by atoms with Crippen molar-refractivity contribution in [2.75, 3.05) is 0 Å². The maximum Gasteiger partial charge on any atom is 0.165 e. The number of halogens is 2. The van der Waals surface area contributed by atoms with E-state index in [1.807, 2.05) is 49.5 Å². The molecule has 1 aromatic heterocycles. The minimum absolute atomic E-state index is 0.191. The summed E-state index contributed by atoms with van der Waals surface area (Å²) in [5, 5.41) is 2.10. The van der Waals surface area contributed by atoms with Crippen molar-refractivity contribution in [1.82, 2.24) is 4.57 Å². The number of carbonyl (C=O) groups is 1. The van der Waals surface area contributed by atoms with Gasteiger partial charge in [0.1, 0.15) is 0 Å². The zero-order valence-electron chi connectivity index (χ0n) is 12.9. The number of benzene rings is 2. The van der Waals surface area contributed by atoms with Crippen LogP contribution in [0, 0.1) is 0 Å². The van der Waals surface area contributed by atoms with Crippen LogP contribution in [0.5, 0.6) is 0 Å². The maximum atomic E-state index is 12.4. The van der Waals surface area contributed by atoms with E-state index in [2.05, 4.69) is 4.57 Å². The Hall–Kier alpha value is -1.77. The molecule has 0 aliphatic heterocycles. The van der Waals surface area contributed by atoms with Crippen LogP contribution >= 0.6 is 23.2 Å². The van der Waals surface area contributed by atoms with Crippen LogP contribution in [0.2, 0.25) is 10.0 Å². The predicted molar refractivity (Wildman–Crippen MR) is 96.7 cm³/mol. The molecule has 0 atom stereocenters. The first-order valence-corrected chi connectivity index (χ1v) is 8.40. The molecule has 0 bridgehead atoms. The summed E-state index contributed by atoms with van der Waals surface area (Å²) < 4.78 is 2.10. The van der Waals surface area contributed by atoms with Crippen LogP contribution in [0.25, 0.3) is 10.9 Å². The van der Waals surface area contributed by atoms with Gasteiger partial charge in [0, 0.05) is 35.6 Å². The van der Waals surface area contributed by atoms with Gasteiger partial charge in [0.25, 0.3) is 0 Å². The van der Waals surface area contributed by atoms with Crippen molar-refractivity contribution in [2.45, 2.75) is 26.3 Å². The smallest absolute Gasteiger partial charge is 0.165 e. The summed E-state index contributed by atoms with van der Waals surface area (Å²) in [6, 6.07) is 13.6. The van der Waals surface area contributed by atoms with Crippen LogP contribution in [0.15, 0.2) is 48.7 Å². The molecule has 0 aliphatic carbocycles. The summed E-state index contributed by atoms with van der Waals surface area (Å²) in [5.74, 6) is 0.191. The molecule has 0 N–H and O–H groups in total. The number of hydrogen-bond donors (Lipinski definition) is 0. The molecule has 23 heavy (non-hydrogen) atoms. The molecule has 118 valence electrons. The van der Waals surface area contributed by atoms with Crippen molar-refractivity contribution in [3.63, 3.8) is 0 Å². The van der Waals surface area contributed by atoms with E-state index in [-0.39, 0.29) is 5.78 Å². The zero-order valence-corrected chi connectivity index (χ0v) is 14.4. The van der Waals surface area contributed by atoms with E-state index in [0.717, 1.165) is 28.5 Å². The second-order valence-electron chi connectivity index (χ2n) is 5.61. The fraction of sp³-hybridized carbons (Fsp3) is 0.211. The topological polar surface area (TPSA) is 22.0 Å². The number of ketones is 1. The lowest BCUT2D eigenvalue weighted by Crippen LogP contribution is -1.99. The van der Waals surface area contributed by atoms with Crippen molar-refractivity contribution >= 4 is 39.9 Å². The van der Waals surface area contributed by atoms with Crippen molar-refractivity contribution in [3.05, 3.63) is 69.8 Å². The third-order valence-electron chi connectivity index (χ3n) is 3.90. The van der Waals surface area contributed by atoms with Crippen LogP contribution in [-0.2, 0) is 6.54 Å². The van der Waals surface area contributed by atoms with Gasteiger partial charge in [-0.25, -0.2) is 0 Å². The Labute approximate surface area is 145 Å². The summed E-state index contributed by atoms with van der Waals surface area (Å²) in [4.78, 5) is 12.4. The molecule has 0 unspecified atom stereocenters. The van der Waals surface area contributed by atoms with Crippen LogP contribution in [0.4, 0.5) is 0 Å². The molecule has 0 amide bonds. The van der Waals surface area contributed by atoms with Gasteiger partial charge in [-0.3, -0.25) is 4.79 Å². The first-order valence-electron chi connectivity index (χ1n) is 7.65. The number of fused-ring (bicyclic) bond motifs is 1. The number of carbonyl (C=O) groups excluding carboxylic acids is 1. The lowest BCUT2D eigenvalue weighted by atomic mass is 10.1. The summed E-state index contributed by atoms with van der Waals surface area (Å²) in [6.45, 7) is 2.67. The van der Waals surface area contributed by atoms with Gasteiger partial charge in [-0.1, -0.05) is 54.4 Å². The third kappa shape index (κ3) is 3.29. The first-order chi connectivity index (χ1) is 11.1. The summed E-state index contributed by atoms with van der Waals surface area (Å²) in [7, 11) is 0. The highest BCUT2D eigenvalue weighted by atomic mass is 35.5. The molecule has 2 aromatic carbocycles. The molecule has 0 radical (unpaired) electrons. The molecule has 0 spiro atoms. The summed E-state index contributed by atoms with van der Waals surface area (Å²) in [6.07, 6.45) is 3.37.